The van der Waals surface area contributed by atoms with Gasteiger partial charge in [-0.3, -0.25) is 9.59 Å². The Labute approximate surface area is 210 Å². The van der Waals surface area contributed by atoms with Gasteiger partial charge in [-0.25, -0.2) is 13.2 Å². The van der Waals surface area contributed by atoms with Crippen molar-refractivity contribution in [3.05, 3.63) is 45.8 Å². The molecular formula is C25H32N2O6S2. The molecule has 2 aromatic rings. The molecule has 0 saturated carbocycles. The molecule has 2 heterocycles. The number of carbonyl (C=O) groups is 3. The summed E-state index contributed by atoms with van der Waals surface area (Å²) in [6.07, 6.45) is 0.984. The lowest BCUT2D eigenvalue weighted by Crippen LogP contribution is -2.42. The van der Waals surface area contributed by atoms with E-state index in [1.54, 1.807) is 26.0 Å². The summed E-state index contributed by atoms with van der Waals surface area (Å²) in [5.41, 5.74) is 0.989. The quantitative estimate of drug-likeness (QED) is 0.385. The maximum absolute atomic E-state index is 13.2. The Morgan fingerprint density at radius 3 is 2.43 bits per heavy atom. The molecule has 1 N–H and O–H groups in total. The van der Waals surface area contributed by atoms with Crippen molar-refractivity contribution in [2.45, 2.75) is 45.9 Å². The average Bonchev–Trinajstić information content (AvgIpc) is 3.13. The summed E-state index contributed by atoms with van der Waals surface area (Å²) in [5.74, 6) is -0.554. The van der Waals surface area contributed by atoms with E-state index < -0.39 is 16.0 Å². The van der Waals surface area contributed by atoms with Gasteiger partial charge in [0, 0.05) is 18.7 Å². The summed E-state index contributed by atoms with van der Waals surface area (Å²) in [5, 5.41) is 3.33. The molecule has 0 bridgehead atoms. The number of nitrogens with one attached hydrogen (secondary N) is 1. The SMILES string of the molecule is CCOC(=O)c1c(NCC(=O)c2cccc(S(=O)(=O)N3CC(C)CC(C)C3)c2)sc(C(C)=O)c1C. The van der Waals surface area contributed by atoms with E-state index in [0.29, 0.717) is 28.5 Å². The van der Waals surface area contributed by atoms with Gasteiger partial charge in [-0.05, 0) is 56.7 Å². The minimum absolute atomic E-state index is 0.0858. The van der Waals surface area contributed by atoms with Gasteiger partial charge in [-0.2, -0.15) is 4.31 Å². The van der Waals surface area contributed by atoms with Crippen LogP contribution in [0.5, 0.6) is 0 Å². The van der Waals surface area contributed by atoms with Crippen LogP contribution in [-0.4, -0.2) is 56.5 Å². The Bertz CT molecular complexity index is 1220. The molecule has 2 unspecified atom stereocenters. The molecule has 0 amide bonds. The predicted octanol–water partition coefficient (Wildman–Crippen LogP) is 4.40. The molecule has 3 rings (SSSR count). The van der Waals surface area contributed by atoms with E-state index in [9.17, 15) is 22.8 Å². The number of piperidine rings is 1. The van der Waals surface area contributed by atoms with E-state index in [4.69, 9.17) is 4.74 Å². The first kappa shape index (κ1) is 27.0. The van der Waals surface area contributed by atoms with Crippen molar-refractivity contribution in [1.29, 1.82) is 0 Å². The Kier molecular flexibility index (Phi) is 8.50. The fourth-order valence-corrected chi connectivity index (χ4v) is 7.28. The summed E-state index contributed by atoms with van der Waals surface area (Å²) in [6, 6.07) is 6.03. The molecule has 8 nitrogen and oxygen atoms in total. The summed E-state index contributed by atoms with van der Waals surface area (Å²) in [4.78, 5) is 37.9. The second kappa shape index (κ2) is 11.0. The second-order valence-corrected chi connectivity index (χ2v) is 12.1. The predicted molar refractivity (Wildman–Crippen MR) is 136 cm³/mol. The van der Waals surface area contributed by atoms with Gasteiger partial charge >= 0.3 is 5.97 Å². The van der Waals surface area contributed by atoms with Crippen molar-refractivity contribution < 1.29 is 27.5 Å². The lowest BCUT2D eigenvalue weighted by Gasteiger charge is -2.34. The highest BCUT2D eigenvalue weighted by atomic mass is 32.2. The molecule has 1 aliphatic rings. The number of ether oxygens (including phenoxy) is 1. The van der Waals surface area contributed by atoms with Crippen LogP contribution < -0.4 is 5.32 Å². The van der Waals surface area contributed by atoms with Crippen LogP contribution in [-0.2, 0) is 14.8 Å². The number of nitrogens with zero attached hydrogens (tertiary/aromatic N) is 1. The third-order valence-electron chi connectivity index (χ3n) is 5.98. The number of thiophene rings is 1. The van der Waals surface area contributed by atoms with Crippen LogP contribution in [0.25, 0.3) is 0 Å². The first-order valence-electron chi connectivity index (χ1n) is 11.6. The summed E-state index contributed by atoms with van der Waals surface area (Å²) in [6.45, 7) is 9.77. The van der Waals surface area contributed by atoms with Crippen molar-refractivity contribution in [1.82, 2.24) is 4.31 Å². The van der Waals surface area contributed by atoms with Crippen LogP contribution in [0.3, 0.4) is 0 Å². The van der Waals surface area contributed by atoms with Crippen molar-refractivity contribution in [2.24, 2.45) is 11.8 Å². The Balaban J connectivity index is 1.81. The standard InChI is InChI=1S/C25H32N2O6S2/c1-6-33-25(30)22-17(4)23(18(5)28)34-24(22)26-12-21(29)19-8-7-9-20(11-19)35(31,32)27-13-15(2)10-16(3)14-27/h7-9,11,15-16,26H,6,10,12-14H2,1-5H3. The van der Waals surface area contributed by atoms with E-state index in [1.807, 2.05) is 13.8 Å². The minimum Gasteiger partial charge on any atom is -0.462 e. The van der Waals surface area contributed by atoms with Crippen molar-refractivity contribution in [3.8, 4) is 0 Å². The number of benzene rings is 1. The van der Waals surface area contributed by atoms with E-state index in [2.05, 4.69) is 5.32 Å². The Morgan fingerprint density at radius 1 is 1.17 bits per heavy atom. The van der Waals surface area contributed by atoms with Gasteiger partial charge in [0.2, 0.25) is 10.0 Å². The Hall–Kier alpha value is -2.56. The third kappa shape index (κ3) is 5.99. The van der Waals surface area contributed by atoms with Gasteiger partial charge in [0.15, 0.2) is 11.6 Å². The van der Waals surface area contributed by atoms with Crippen LogP contribution in [0.15, 0.2) is 29.2 Å². The molecule has 1 aliphatic heterocycles. The molecule has 190 valence electrons. The first-order chi connectivity index (χ1) is 16.4. The number of hydrogen-bond acceptors (Lipinski definition) is 8. The molecule has 2 atom stereocenters. The molecule has 0 spiro atoms. The van der Waals surface area contributed by atoms with Gasteiger partial charge in [-0.15, -0.1) is 11.3 Å². The summed E-state index contributed by atoms with van der Waals surface area (Å²) in [7, 11) is -3.72. The monoisotopic (exact) mass is 520 g/mol. The first-order valence-corrected chi connectivity index (χ1v) is 13.9. The molecule has 0 aliphatic carbocycles. The number of anilines is 1. The lowest BCUT2D eigenvalue weighted by molar-refractivity contribution is 0.0527. The molecule has 1 saturated heterocycles. The fourth-order valence-electron chi connectivity index (χ4n) is 4.47. The second-order valence-electron chi connectivity index (χ2n) is 9.11. The number of esters is 1. The molecule has 0 radical (unpaired) electrons. The Morgan fingerprint density at radius 2 is 1.83 bits per heavy atom. The topological polar surface area (TPSA) is 110 Å². The van der Waals surface area contributed by atoms with Gasteiger partial charge in [0.25, 0.3) is 0 Å². The molecular weight excluding hydrogens is 488 g/mol. The summed E-state index contributed by atoms with van der Waals surface area (Å²) < 4.78 is 33.1. The van der Waals surface area contributed by atoms with E-state index in [1.165, 1.54) is 23.4 Å². The highest BCUT2D eigenvalue weighted by molar-refractivity contribution is 7.89. The minimum atomic E-state index is -3.72. The van der Waals surface area contributed by atoms with Crippen molar-refractivity contribution in [2.75, 3.05) is 31.6 Å². The maximum atomic E-state index is 13.2. The molecule has 10 heteroatoms. The van der Waals surface area contributed by atoms with Crippen LogP contribution >= 0.6 is 11.3 Å². The van der Waals surface area contributed by atoms with Crippen LogP contribution in [0.2, 0.25) is 0 Å². The number of carbonyl (C=O) groups excluding carboxylic acids is 3. The number of sulfonamides is 1. The third-order valence-corrected chi connectivity index (χ3v) is 9.16. The van der Waals surface area contributed by atoms with Crippen molar-refractivity contribution in [3.63, 3.8) is 0 Å². The van der Waals surface area contributed by atoms with E-state index in [-0.39, 0.29) is 52.6 Å². The summed E-state index contributed by atoms with van der Waals surface area (Å²) >= 11 is 1.10. The fraction of sp³-hybridized carbons (Fsp3) is 0.480. The number of ketones is 2. The van der Waals surface area contributed by atoms with Gasteiger partial charge in [0.05, 0.1) is 28.5 Å². The van der Waals surface area contributed by atoms with E-state index in [0.717, 1.165) is 17.8 Å². The van der Waals surface area contributed by atoms with Gasteiger partial charge in [0.1, 0.15) is 5.00 Å². The largest absolute Gasteiger partial charge is 0.462 e. The molecule has 1 aromatic heterocycles. The maximum Gasteiger partial charge on any atom is 0.341 e. The molecule has 1 aromatic carbocycles. The average molecular weight is 521 g/mol. The van der Waals surface area contributed by atoms with Gasteiger partial charge < -0.3 is 10.1 Å². The van der Waals surface area contributed by atoms with Crippen LogP contribution in [0, 0.1) is 18.8 Å². The number of hydrogen-bond donors (Lipinski definition) is 1. The highest BCUT2D eigenvalue weighted by Crippen LogP contribution is 2.34. The normalized spacial score (nSPS) is 18.8. The highest BCUT2D eigenvalue weighted by Gasteiger charge is 2.32. The van der Waals surface area contributed by atoms with Crippen molar-refractivity contribution >= 4 is 43.9 Å². The molecule has 35 heavy (non-hydrogen) atoms. The lowest BCUT2D eigenvalue weighted by atomic mass is 9.94. The smallest absolute Gasteiger partial charge is 0.341 e. The zero-order valence-electron chi connectivity index (χ0n) is 20.7. The van der Waals surface area contributed by atoms with E-state index >= 15 is 0 Å². The molecule has 1 fully saturated rings. The van der Waals surface area contributed by atoms with Crippen LogP contribution in [0.4, 0.5) is 5.00 Å². The van der Waals surface area contributed by atoms with Gasteiger partial charge in [-0.1, -0.05) is 26.0 Å². The van der Waals surface area contributed by atoms with Crippen LogP contribution in [0.1, 0.15) is 70.1 Å². The zero-order valence-corrected chi connectivity index (χ0v) is 22.3. The number of rotatable bonds is 9. The zero-order chi connectivity index (χ0) is 25.9. The number of Topliss-reactive ketones (excluding diaryl/α,β-unsaturated/α-hetero) is 2.